The van der Waals surface area contributed by atoms with Gasteiger partial charge in [0, 0.05) is 12.4 Å². The summed E-state index contributed by atoms with van der Waals surface area (Å²) < 4.78 is 0. The molecule has 0 aliphatic heterocycles. The minimum absolute atomic E-state index is 1.28. The van der Waals surface area contributed by atoms with Crippen LogP contribution in [0, 0.1) is 0 Å². The van der Waals surface area contributed by atoms with Gasteiger partial charge in [-0.25, -0.2) is 0 Å². The van der Waals surface area contributed by atoms with Crippen LogP contribution in [0.5, 0.6) is 0 Å². The molecule has 0 radical (unpaired) electrons. The lowest BCUT2D eigenvalue weighted by atomic mass is 10.00. The Morgan fingerprint density at radius 2 is 0.870 bits per heavy atom. The molecule has 0 aliphatic carbocycles. The normalized spacial score (nSPS) is 11.2. The summed E-state index contributed by atoms with van der Waals surface area (Å²) in [5.41, 5.74) is 3.17. The van der Waals surface area contributed by atoms with Crippen LogP contribution in [0.25, 0.3) is 0 Å². The third-order valence-corrected chi connectivity index (χ3v) is 5.03. The highest BCUT2D eigenvalue weighted by atomic mass is 14.6. The number of H-pyrrole nitrogens is 1. The van der Waals surface area contributed by atoms with Crippen LogP contribution in [0.15, 0.2) is 12.4 Å². The van der Waals surface area contributed by atoms with E-state index in [1.54, 1.807) is 11.1 Å². The molecule has 1 N–H and O–H groups in total. The van der Waals surface area contributed by atoms with Gasteiger partial charge < -0.3 is 4.98 Å². The molecule has 0 saturated heterocycles. The van der Waals surface area contributed by atoms with E-state index in [1.807, 2.05) is 0 Å². The highest BCUT2D eigenvalue weighted by molar-refractivity contribution is 5.23. The van der Waals surface area contributed by atoms with Crippen LogP contribution >= 0.6 is 0 Å². The minimum atomic E-state index is 1.28. The Hall–Kier alpha value is -0.720. The Balaban J connectivity index is 2.03. The predicted octanol–water partition coefficient (Wildman–Crippen LogP) is 7.60. The second kappa shape index (κ2) is 14.8. The van der Waals surface area contributed by atoms with Crippen LogP contribution in [0.3, 0.4) is 0 Å². The van der Waals surface area contributed by atoms with E-state index in [4.69, 9.17) is 0 Å². The lowest BCUT2D eigenvalue weighted by Crippen LogP contribution is -1.92. The zero-order valence-electron chi connectivity index (χ0n) is 16.0. The fourth-order valence-corrected chi connectivity index (χ4v) is 3.44. The molecular weight excluding hydrogens is 278 g/mol. The van der Waals surface area contributed by atoms with Crippen molar-refractivity contribution in [3.8, 4) is 0 Å². The van der Waals surface area contributed by atoms with Crippen molar-refractivity contribution in [2.75, 3.05) is 0 Å². The molecule has 0 atom stereocenters. The first kappa shape index (κ1) is 20.3. The first-order valence-corrected chi connectivity index (χ1v) is 10.5. The van der Waals surface area contributed by atoms with Crippen molar-refractivity contribution in [3.63, 3.8) is 0 Å². The monoisotopic (exact) mass is 319 g/mol. The molecule has 1 nitrogen and oxygen atoms in total. The summed E-state index contributed by atoms with van der Waals surface area (Å²) in [6.07, 6.45) is 26.7. The zero-order valence-corrected chi connectivity index (χ0v) is 16.0. The molecule has 1 aromatic heterocycles. The number of nitrogens with one attached hydrogen (secondary N) is 1. The summed E-state index contributed by atoms with van der Waals surface area (Å²) in [5.74, 6) is 0. The predicted molar refractivity (Wildman–Crippen MR) is 104 cm³/mol. The largest absolute Gasteiger partial charge is 0.367 e. The molecule has 1 heteroatoms. The second-order valence-corrected chi connectivity index (χ2v) is 7.25. The first-order valence-electron chi connectivity index (χ1n) is 10.5. The fraction of sp³-hybridized carbons (Fsp3) is 0.818. The molecule has 0 bridgehead atoms. The third-order valence-electron chi connectivity index (χ3n) is 5.03. The molecule has 0 amide bonds. The van der Waals surface area contributed by atoms with Gasteiger partial charge in [-0.05, 0) is 36.8 Å². The van der Waals surface area contributed by atoms with Gasteiger partial charge >= 0.3 is 0 Å². The van der Waals surface area contributed by atoms with Crippen molar-refractivity contribution in [2.24, 2.45) is 0 Å². The Morgan fingerprint density at radius 1 is 0.522 bits per heavy atom. The van der Waals surface area contributed by atoms with Gasteiger partial charge in [-0.2, -0.15) is 0 Å². The highest BCUT2D eigenvalue weighted by Crippen LogP contribution is 2.17. The smallest absolute Gasteiger partial charge is 0.00401 e. The van der Waals surface area contributed by atoms with Gasteiger partial charge in [0.25, 0.3) is 0 Å². The van der Waals surface area contributed by atoms with Crippen molar-refractivity contribution in [1.82, 2.24) is 4.98 Å². The molecule has 0 unspecified atom stereocenters. The van der Waals surface area contributed by atoms with Gasteiger partial charge in [-0.15, -0.1) is 0 Å². The van der Waals surface area contributed by atoms with Gasteiger partial charge in [-0.3, -0.25) is 0 Å². The molecule has 1 rings (SSSR count). The van der Waals surface area contributed by atoms with E-state index in [0.29, 0.717) is 0 Å². The lowest BCUT2D eigenvalue weighted by molar-refractivity contribution is 0.574. The summed E-state index contributed by atoms with van der Waals surface area (Å²) in [4.78, 5) is 3.33. The highest BCUT2D eigenvalue weighted by Gasteiger charge is 2.03. The molecule has 0 aromatic carbocycles. The maximum absolute atomic E-state index is 3.33. The number of aryl methyl sites for hydroxylation is 2. The molecule has 0 aliphatic rings. The van der Waals surface area contributed by atoms with E-state index >= 15 is 0 Å². The summed E-state index contributed by atoms with van der Waals surface area (Å²) in [7, 11) is 0. The maximum atomic E-state index is 3.33. The Morgan fingerprint density at radius 3 is 1.26 bits per heavy atom. The number of hydrogen-bond acceptors (Lipinski definition) is 0. The van der Waals surface area contributed by atoms with Gasteiger partial charge in [-0.1, -0.05) is 90.9 Å². The summed E-state index contributed by atoms with van der Waals surface area (Å²) >= 11 is 0. The molecule has 23 heavy (non-hydrogen) atoms. The first-order chi connectivity index (χ1) is 11.4. The van der Waals surface area contributed by atoms with E-state index in [1.165, 1.54) is 103 Å². The van der Waals surface area contributed by atoms with E-state index in [2.05, 4.69) is 31.2 Å². The standard InChI is InChI=1S/C22H41N/c1-3-5-7-9-11-12-14-16-18-22-20-23-19-21(22)17-15-13-10-8-6-4-2/h19-20,23H,3-18H2,1-2H3. The lowest BCUT2D eigenvalue weighted by Gasteiger charge is -2.05. The van der Waals surface area contributed by atoms with E-state index in [0.717, 1.165) is 0 Å². The third kappa shape index (κ3) is 10.6. The Kier molecular flexibility index (Phi) is 13.1. The molecule has 0 fully saturated rings. The van der Waals surface area contributed by atoms with Crippen molar-refractivity contribution >= 4 is 0 Å². The SMILES string of the molecule is CCCCCCCCCCc1c[nH]cc1CCCCCCCC. The van der Waals surface area contributed by atoms with Crippen LogP contribution in [0.4, 0.5) is 0 Å². The van der Waals surface area contributed by atoms with Crippen LogP contribution < -0.4 is 0 Å². The van der Waals surface area contributed by atoms with Crippen molar-refractivity contribution in [2.45, 2.75) is 117 Å². The summed E-state index contributed by atoms with van der Waals surface area (Å²) in [6, 6.07) is 0. The van der Waals surface area contributed by atoms with E-state index in [-0.39, 0.29) is 0 Å². The number of rotatable bonds is 16. The van der Waals surface area contributed by atoms with Crippen LogP contribution in [0.1, 0.15) is 115 Å². The van der Waals surface area contributed by atoms with Crippen molar-refractivity contribution in [3.05, 3.63) is 23.5 Å². The fourth-order valence-electron chi connectivity index (χ4n) is 3.44. The van der Waals surface area contributed by atoms with Crippen LogP contribution in [-0.2, 0) is 12.8 Å². The average molecular weight is 320 g/mol. The molecule has 0 spiro atoms. The van der Waals surface area contributed by atoms with Crippen molar-refractivity contribution in [1.29, 1.82) is 0 Å². The number of unbranched alkanes of at least 4 members (excludes halogenated alkanes) is 12. The number of aromatic nitrogens is 1. The maximum Gasteiger partial charge on any atom is 0.00401 e. The topological polar surface area (TPSA) is 15.8 Å². The zero-order chi connectivity index (χ0) is 16.6. The molecule has 1 heterocycles. The Bertz CT molecular complexity index is 353. The molecule has 134 valence electrons. The van der Waals surface area contributed by atoms with Crippen molar-refractivity contribution < 1.29 is 0 Å². The average Bonchev–Trinajstić information content (AvgIpc) is 3.01. The quantitative estimate of drug-likeness (QED) is 0.302. The van der Waals surface area contributed by atoms with Crippen LogP contribution in [-0.4, -0.2) is 4.98 Å². The minimum Gasteiger partial charge on any atom is -0.367 e. The van der Waals surface area contributed by atoms with E-state index < -0.39 is 0 Å². The Labute approximate surface area is 145 Å². The number of aromatic amines is 1. The van der Waals surface area contributed by atoms with Gasteiger partial charge in [0.05, 0.1) is 0 Å². The molecule has 0 saturated carbocycles. The van der Waals surface area contributed by atoms with Gasteiger partial charge in [0.15, 0.2) is 0 Å². The summed E-state index contributed by atoms with van der Waals surface area (Å²) in [6.45, 7) is 4.58. The van der Waals surface area contributed by atoms with Gasteiger partial charge in [0.1, 0.15) is 0 Å². The molecular formula is C22H41N. The van der Waals surface area contributed by atoms with Gasteiger partial charge in [0.2, 0.25) is 0 Å². The number of hydrogen-bond donors (Lipinski definition) is 1. The summed E-state index contributed by atoms with van der Waals surface area (Å²) in [5, 5.41) is 0. The second-order valence-electron chi connectivity index (χ2n) is 7.25. The molecule has 1 aromatic rings. The van der Waals surface area contributed by atoms with E-state index in [9.17, 15) is 0 Å². The van der Waals surface area contributed by atoms with Crippen LogP contribution in [0.2, 0.25) is 0 Å².